The number of rotatable bonds is 7. The molecule has 0 unspecified atom stereocenters. The molecule has 37 heavy (non-hydrogen) atoms. The highest BCUT2D eigenvalue weighted by atomic mass is 16.8. The maximum absolute atomic E-state index is 12.7. The Balaban J connectivity index is 1.76. The number of imidazole rings is 1. The van der Waals surface area contributed by atoms with Gasteiger partial charge < -0.3 is 24.6 Å². The second-order valence-corrected chi connectivity index (χ2v) is 11.6. The summed E-state index contributed by atoms with van der Waals surface area (Å²) in [4.78, 5) is 39.8. The fraction of sp³-hybridized carbons (Fsp3) is 0.704. The van der Waals surface area contributed by atoms with Crippen LogP contribution in [0.3, 0.4) is 0 Å². The zero-order valence-electron chi connectivity index (χ0n) is 23.5. The van der Waals surface area contributed by atoms with E-state index in [-0.39, 0.29) is 6.54 Å². The minimum Gasteiger partial charge on any atom is -0.442 e. The molecule has 0 saturated heterocycles. The molecule has 0 aliphatic heterocycles. The van der Waals surface area contributed by atoms with E-state index in [1.165, 1.54) is 5.56 Å². The van der Waals surface area contributed by atoms with Gasteiger partial charge in [-0.15, -0.1) is 5.06 Å². The molecular formula is C27H43N5O5. The summed E-state index contributed by atoms with van der Waals surface area (Å²) in [6.07, 6.45) is 5.62. The summed E-state index contributed by atoms with van der Waals surface area (Å²) in [5.41, 5.74) is 9.07. The summed E-state index contributed by atoms with van der Waals surface area (Å²) < 4.78 is 12.9. The number of hydroxylamine groups is 2. The highest BCUT2D eigenvalue weighted by molar-refractivity contribution is 5.89. The Morgan fingerprint density at radius 2 is 1.68 bits per heavy atom. The number of aromatic nitrogens is 3. The van der Waals surface area contributed by atoms with Crippen LogP contribution >= 0.6 is 0 Å². The summed E-state index contributed by atoms with van der Waals surface area (Å²) in [5.74, 6) is 1.49. The summed E-state index contributed by atoms with van der Waals surface area (Å²) in [6, 6.07) is 0. The van der Waals surface area contributed by atoms with E-state index in [0.29, 0.717) is 18.8 Å². The molecule has 2 aromatic rings. The van der Waals surface area contributed by atoms with Crippen LogP contribution in [0.4, 0.5) is 15.4 Å². The van der Waals surface area contributed by atoms with Crippen LogP contribution in [-0.2, 0) is 40.1 Å². The van der Waals surface area contributed by atoms with Gasteiger partial charge in [0.05, 0.1) is 12.1 Å². The number of nitrogens with zero attached hydrogens (tertiary/aromatic N) is 4. The molecule has 0 atom stereocenters. The third-order valence-electron chi connectivity index (χ3n) is 5.91. The van der Waals surface area contributed by atoms with Crippen molar-refractivity contribution in [3.05, 3.63) is 17.1 Å². The molecule has 2 aromatic heterocycles. The van der Waals surface area contributed by atoms with Gasteiger partial charge in [0.1, 0.15) is 22.5 Å². The standard InChI is InChI=1S/C27H43N5O5/c1-8-13-20-30-21-22(18-14-9-10-15-19(18)29-23(21)28)31(20)16-11-12-17-32(24(33)35-26(2,3)4)37-25(34)36-27(5,6)7/h8-17H2,1-7H3,(H2,28,29). The van der Waals surface area contributed by atoms with E-state index in [0.717, 1.165) is 72.6 Å². The molecule has 0 saturated carbocycles. The number of ether oxygens (including phenoxy) is 2. The summed E-state index contributed by atoms with van der Waals surface area (Å²) >= 11 is 0. The molecule has 1 aliphatic rings. The molecule has 1 amide bonds. The van der Waals surface area contributed by atoms with E-state index in [1.54, 1.807) is 41.5 Å². The van der Waals surface area contributed by atoms with Crippen molar-refractivity contribution in [3.8, 4) is 0 Å². The van der Waals surface area contributed by atoms with Crippen molar-refractivity contribution < 1.29 is 23.9 Å². The Bertz CT molecular complexity index is 1110. The van der Waals surface area contributed by atoms with Gasteiger partial charge in [-0.25, -0.2) is 19.6 Å². The highest BCUT2D eigenvalue weighted by Gasteiger charge is 2.28. The van der Waals surface area contributed by atoms with E-state index in [1.807, 2.05) is 0 Å². The lowest BCUT2D eigenvalue weighted by atomic mass is 9.95. The number of carbonyl (C=O) groups is 2. The number of pyridine rings is 1. The Kier molecular flexibility index (Phi) is 8.92. The van der Waals surface area contributed by atoms with Gasteiger partial charge in [0, 0.05) is 18.7 Å². The Hall–Kier alpha value is -3.04. The first-order chi connectivity index (χ1) is 17.3. The molecule has 2 N–H and O–H groups in total. The topological polar surface area (TPSA) is 122 Å². The Morgan fingerprint density at radius 1 is 1.00 bits per heavy atom. The predicted molar refractivity (Wildman–Crippen MR) is 142 cm³/mol. The quantitative estimate of drug-likeness (QED) is 0.281. The number of anilines is 1. The maximum Gasteiger partial charge on any atom is 0.534 e. The summed E-state index contributed by atoms with van der Waals surface area (Å²) in [6.45, 7) is 13.5. The van der Waals surface area contributed by atoms with Crippen molar-refractivity contribution in [1.29, 1.82) is 0 Å². The normalized spacial score (nSPS) is 13.8. The Labute approximate surface area is 219 Å². The van der Waals surface area contributed by atoms with Gasteiger partial charge in [0.2, 0.25) is 0 Å². The fourth-order valence-corrected chi connectivity index (χ4v) is 4.48. The molecule has 0 fully saturated rings. The van der Waals surface area contributed by atoms with Crippen molar-refractivity contribution in [2.45, 2.75) is 118 Å². The van der Waals surface area contributed by atoms with Gasteiger partial charge in [-0.3, -0.25) is 0 Å². The SMILES string of the molecule is CCCc1nc2c(N)nc3c(c2n1CCCCN(OC(=O)OC(C)(C)C)C(=O)OC(C)(C)C)CCCC3. The lowest BCUT2D eigenvalue weighted by Gasteiger charge is -2.27. The first-order valence-corrected chi connectivity index (χ1v) is 13.4. The molecule has 3 rings (SSSR count). The van der Waals surface area contributed by atoms with Gasteiger partial charge in [-0.05, 0) is 92.1 Å². The molecule has 0 radical (unpaired) electrons. The highest BCUT2D eigenvalue weighted by Crippen LogP contribution is 2.32. The van der Waals surface area contributed by atoms with Crippen LogP contribution in [0.25, 0.3) is 11.0 Å². The number of amides is 1. The zero-order valence-corrected chi connectivity index (χ0v) is 23.5. The van der Waals surface area contributed by atoms with Gasteiger partial charge in [0.15, 0.2) is 5.82 Å². The van der Waals surface area contributed by atoms with Crippen molar-refractivity contribution in [2.24, 2.45) is 0 Å². The minimum absolute atomic E-state index is 0.172. The molecule has 1 aliphatic carbocycles. The molecule has 10 nitrogen and oxygen atoms in total. The van der Waals surface area contributed by atoms with Crippen molar-refractivity contribution >= 4 is 29.1 Å². The van der Waals surface area contributed by atoms with Crippen LogP contribution in [0.1, 0.15) is 97.7 Å². The number of unbranched alkanes of at least 4 members (excludes halogenated alkanes) is 1. The smallest absolute Gasteiger partial charge is 0.442 e. The second kappa shape index (κ2) is 11.6. The molecular weight excluding hydrogens is 474 g/mol. The van der Waals surface area contributed by atoms with Gasteiger partial charge >= 0.3 is 12.2 Å². The number of aryl methyl sites for hydroxylation is 4. The average molecular weight is 518 g/mol. The monoisotopic (exact) mass is 517 g/mol. The third kappa shape index (κ3) is 7.72. The first kappa shape index (κ1) is 28.5. The van der Waals surface area contributed by atoms with Crippen LogP contribution < -0.4 is 5.73 Å². The molecule has 10 heteroatoms. The van der Waals surface area contributed by atoms with E-state index < -0.39 is 23.5 Å². The molecule has 0 spiro atoms. The lowest BCUT2D eigenvalue weighted by molar-refractivity contribution is -0.136. The largest absolute Gasteiger partial charge is 0.534 e. The molecule has 206 valence electrons. The van der Waals surface area contributed by atoms with E-state index in [2.05, 4.69) is 16.5 Å². The van der Waals surface area contributed by atoms with E-state index in [9.17, 15) is 9.59 Å². The van der Waals surface area contributed by atoms with Crippen LogP contribution in [0.5, 0.6) is 0 Å². The van der Waals surface area contributed by atoms with Crippen LogP contribution in [0.15, 0.2) is 0 Å². The minimum atomic E-state index is -0.946. The third-order valence-corrected chi connectivity index (χ3v) is 5.91. The van der Waals surface area contributed by atoms with Crippen LogP contribution in [0, 0.1) is 0 Å². The summed E-state index contributed by atoms with van der Waals surface area (Å²) in [5, 5.41) is 0.946. The molecule has 0 bridgehead atoms. The number of nitrogen functional groups attached to an aromatic ring is 1. The van der Waals surface area contributed by atoms with Crippen molar-refractivity contribution in [2.75, 3.05) is 12.3 Å². The Morgan fingerprint density at radius 3 is 2.32 bits per heavy atom. The number of carbonyl (C=O) groups excluding carboxylic acids is 2. The summed E-state index contributed by atoms with van der Waals surface area (Å²) in [7, 11) is 0. The number of nitrogens with two attached hydrogens (primary N) is 1. The van der Waals surface area contributed by atoms with E-state index >= 15 is 0 Å². The predicted octanol–water partition coefficient (Wildman–Crippen LogP) is 5.73. The number of fused-ring (bicyclic) bond motifs is 3. The van der Waals surface area contributed by atoms with Crippen LogP contribution in [0.2, 0.25) is 0 Å². The van der Waals surface area contributed by atoms with Crippen molar-refractivity contribution in [1.82, 2.24) is 19.6 Å². The van der Waals surface area contributed by atoms with Gasteiger partial charge in [-0.1, -0.05) is 6.92 Å². The second-order valence-electron chi connectivity index (χ2n) is 11.6. The van der Waals surface area contributed by atoms with Crippen molar-refractivity contribution in [3.63, 3.8) is 0 Å². The fourth-order valence-electron chi connectivity index (χ4n) is 4.48. The average Bonchev–Trinajstić information content (AvgIpc) is 3.13. The van der Waals surface area contributed by atoms with E-state index in [4.69, 9.17) is 25.0 Å². The molecule has 0 aromatic carbocycles. The van der Waals surface area contributed by atoms with Gasteiger partial charge in [-0.2, -0.15) is 0 Å². The number of hydrogen-bond acceptors (Lipinski definition) is 8. The van der Waals surface area contributed by atoms with Gasteiger partial charge in [0.25, 0.3) is 0 Å². The lowest BCUT2D eigenvalue weighted by Crippen LogP contribution is -2.40. The first-order valence-electron chi connectivity index (χ1n) is 13.4. The van der Waals surface area contributed by atoms with Crippen LogP contribution in [-0.4, -0.2) is 49.6 Å². The zero-order chi connectivity index (χ0) is 27.4. The number of hydrogen-bond donors (Lipinski definition) is 1. The maximum atomic E-state index is 12.7. The molecule has 2 heterocycles.